The Morgan fingerprint density at radius 1 is 0.750 bits per heavy atom. The quantitative estimate of drug-likeness (QED) is 0.440. The van der Waals surface area contributed by atoms with Crippen molar-refractivity contribution in [2.24, 2.45) is 0 Å². The van der Waals surface area contributed by atoms with Crippen LogP contribution in [0.25, 0.3) is 0 Å². The van der Waals surface area contributed by atoms with Crippen molar-refractivity contribution in [3.05, 3.63) is 29.8 Å². The lowest BCUT2D eigenvalue weighted by Gasteiger charge is -2.09. The molecule has 1 aromatic rings. The van der Waals surface area contributed by atoms with Crippen LogP contribution in [-0.4, -0.2) is 6.54 Å². The Bertz CT molecular complexity index is 332. The summed E-state index contributed by atoms with van der Waals surface area (Å²) in [6.45, 7) is 5.56. The van der Waals surface area contributed by atoms with Crippen molar-refractivity contribution >= 4 is 5.69 Å². The molecular weight excluding hydrogens is 242 g/mol. The summed E-state index contributed by atoms with van der Waals surface area (Å²) in [7, 11) is 0. The molecule has 1 nitrogen and oxygen atoms in total. The SMILES string of the molecule is CCCCCCCCCCCCNc1ccccc1C. The molecule has 0 unspecified atom stereocenters. The van der Waals surface area contributed by atoms with Crippen molar-refractivity contribution in [1.82, 2.24) is 0 Å². The van der Waals surface area contributed by atoms with E-state index >= 15 is 0 Å². The molecule has 0 spiro atoms. The van der Waals surface area contributed by atoms with Crippen LogP contribution in [-0.2, 0) is 0 Å². The molecule has 0 fully saturated rings. The summed E-state index contributed by atoms with van der Waals surface area (Å²) < 4.78 is 0. The highest BCUT2D eigenvalue weighted by Gasteiger charge is 1.96. The van der Waals surface area contributed by atoms with Crippen LogP contribution in [0.2, 0.25) is 0 Å². The average molecular weight is 275 g/mol. The number of hydrogen-bond donors (Lipinski definition) is 1. The highest BCUT2D eigenvalue weighted by atomic mass is 14.9. The van der Waals surface area contributed by atoms with Gasteiger partial charge < -0.3 is 5.32 Å². The molecule has 1 aromatic carbocycles. The molecule has 0 saturated heterocycles. The fourth-order valence-electron chi connectivity index (χ4n) is 2.61. The summed E-state index contributed by atoms with van der Waals surface area (Å²) >= 11 is 0. The second-order valence-corrected chi connectivity index (χ2v) is 5.92. The monoisotopic (exact) mass is 275 g/mol. The summed E-state index contributed by atoms with van der Waals surface area (Å²) in [5, 5.41) is 3.54. The van der Waals surface area contributed by atoms with Gasteiger partial charge in [0.15, 0.2) is 0 Å². The first-order chi connectivity index (χ1) is 9.84. The summed E-state index contributed by atoms with van der Waals surface area (Å²) in [4.78, 5) is 0. The van der Waals surface area contributed by atoms with Crippen molar-refractivity contribution < 1.29 is 0 Å². The minimum absolute atomic E-state index is 1.11. The maximum absolute atomic E-state index is 3.54. The minimum atomic E-state index is 1.11. The summed E-state index contributed by atoms with van der Waals surface area (Å²) in [6, 6.07) is 8.54. The van der Waals surface area contributed by atoms with Crippen molar-refractivity contribution in [2.45, 2.75) is 78.1 Å². The molecule has 114 valence electrons. The van der Waals surface area contributed by atoms with Gasteiger partial charge in [-0.2, -0.15) is 0 Å². The van der Waals surface area contributed by atoms with E-state index in [1.165, 1.54) is 75.5 Å². The molecule has 0 aromatic heterocycles. The highest BCUT2D eigenvalue weighted by Crippen LogP contribution is 2.14. The largest absolute Gasteiger partial charge is 0.385 e. The third-order valence-corrected chi connectivity index (χ3v) is 3.99. The van der Waals surface area contributed by atoms with Gasteiger partial charge in [0.05, 0.1) is 0 Å². The lowest BCUT2D eigenvalue weighted by Crippen LogP contribution is -2.02. The lowest BCUT2D eigenvalue weighted by atomic mass is 10.1. The molecule has 1 rings (SSSR count). The molecule has 20 heavy (non-hydrogen) atoms. The topological polar surface area (TPSA) is 12.0 Å². The zero-order valence-electron chi connectivity index (χ0n) is 13.6. The smallest absolute Gasteiger partial charge is 0.0369 e. The van der Waals surface area contributed by atoms with Crippen LogP contribution >= 0.6 is 0 Å². The van der Waals surface area contributed by atoms with E-state index in [2.05, 4.69) is 43.4 Å². The summed E-state index contributed by atoms with van der Waals surface area (Å²) in [5.41, 5.74) is 2.64. The van der Waals surface area contributed by atoms with Gasteiger partial charge in [-0.1, -0.05) is 82.9 Å². The molecule has 0 aliphatic heterocycles. The number of rotatable bonds is 12. The fourth-order valence-corrected chi connectivity index (χ4v) is 2.61. The van der Waals surface area contributed by atoms with Gasteiger partial charge in [-0.15, -0.1) is 0 Å². The third kappa shape index (κ3) is 8.24. The van der Waals surface area contributed by atoms with Crippen molar-refractivity contribution in [1.29, 1.82) is 0 Å². The molecule has 0 radical (unpaired) electrons. The van der Waals surface area contributed by atoms with Gasteiger partial charge in [0.2, 0.25) is 0 Å². The van der Waals surface area contributed by atoms with Gasteiger partial charge >= 0.3 is 0 Å². The van der Waals surface area contributed by atoms with Crippen molar-refractivity contribution in [3.63, 3.8) is 0 Å². The van der Waals surface area contributed by atoms with E-state index in [0.717, 1.165) is 6.54 Å². The van der Waals surface area contributed by atoms with Crippen LogP contribution < -0.4 is 5.32 Å². The second kappa shape index (κ2) is 11.8. The van der Waals surface area contributed by atoms with E-state index in [1.54, 1.807) is 0 Å². The molecule has 0 amide bonds. The summed E-state index contributed by atoms with van der Waals surface area (Å²) in [5.74, 6) is 0. The molecule has 1 N–H and O–H groups in total. The van der Waals surface area contributed by atoms with Crippen molar-refractivity contribution in [3.8, 4) is 0 Å². The van der Waals surface area contributed by atoms with Gasteiger partial charge in [0.25, 0.3) is 0 Å². The van der Waals surface area contributed by atoms with Gasteiger partial charge in [-0.05, 0) is 25.0 Å². The van der Waals surface area contributed by atoms with Gasteiger partial charge in [-0.3, -0.25) is 0 Å². The molecule has 0 aliphatic rings. The van der Waals surface area contributed by atoms with Crippen LogP contribution in [0.5, 0.6) is 0 Å². The predicted molar refractivity (Wildman–Crippen MR) is 91.5 cm³/mol. The zero-order valence-corrected chi connectivity index (χ0v) is 13.6. The number of benzene rings is 1. The maximum atomic E-state index is 3.54. The van der Waals surface area contributed by atoms with E-state index in [4.69, 9.17) is 0 Å². The second-order valence-electron chi connectivity index (χ2n) is 5.92. The Morgan fingerprint density at radius 2 is 1.30 bits per heavy atom. The number of aryl methyl sites for hydroxylation is 1. The molecule has 0 saturated carbocycles. The first-order valence-electron chi connectivity index (χ1n) is 8.64. The number of unbranched alkanes of at least 4 members (excludes halogenated alkanes) is 9. The van der Waals surface area contributed by atoms with E-state index in [1.807, 2.05) is 0 Å². The van der Waals surface area contributed by atoms with E-state index < -0.39 is 0 Å². The highest BCUT2D eigenvalue weighted by molar-refractivity contribution is 5.49. The third-order valence-electron chi connectivity index (χ3n) is 3.99. The van der Waals surface area contributed by atoms with Gasteiger partial charge in [0.1, 0.15) is 0 Å². The Kier molecular flexibility index (Phi) is 10.1. The van der Waals surface area contributed by atoms with Crippen molar-refractivity contribution in [2.75, 3.05) is 11.9 Å². The van der Waals surface area contributed by atoms with E-state index in [0.29, 0.717) is 0 Å². The average Bonchev–Trinajstić information content (AvgIpc) is 2.46. The molecule has 0 atom stereocenters. The minimum Gasteiger partial charge on any atom is -0.385 e. The standard InChI is InChI=1S/C19H33N/c1-3-4-5-6-7-8-9-10-11-14-17-20-19-16-13-12-15-18(19)2/h12-13,15-16,20H,3-11,14,17H2,1-2H3. The molecular formula is C19H33N. The van der Waals surface area contributed by atoms with Crippen LogP contribution in [0, 0.1) is 6.92 Å². The van der Waals surface area contributed by atoms with Gasteiger partial charge in [0, 0.05) is 12.2 Å². The van der Waals surface area contributed by atoms with Crippen LogP contribution in [0.3, 0.4) is 0 Å². The normalized spacial score (nSPS) is 10.7. The van der Waals surface area contributed by atoms with E-state index in [9.17, 15) is 0 Å². The first-order valence-corrected chi connectivity index (χ1v) is 8.64. The zero-order chi connectivity index (χ0) is 14.5. The molecule has 0 heterocycles. The van der Waals surface area contributed by atoms with Crippen LogP contribution in [0.4, 0.5) is 5.69 Å². The number of nitrogens with one attached hydrogen (secondary N) is 1. The number of hydrogen-bond acceptors (Lipinski definition) is 1. The lowest BCUT2D eigenvalue weighted by molar-refractivity contribution is 0.560. The number of anilines is 1. The van der Waals surface area contributed by atoms with Crippen LogP contribution in [0.1, 0.15) is 76.7 Å². The Hall–Kier alpha value is -0.980. The van der Waals surface area contributed by atoms with Crippen LogP contribution in [0.15, 0.2) is 24.3 Å². The van der Waals surface area contributed by atoms with Gasteiger partial charge in [-0.25, -0.2) is 0 Å². The first kappa shape index (κ1) is 17.1. The van der Waals surface area contributed by atoms with E-state index in [-0.39, 0.29) is 0 Å². The predicted octanol–water partition coefficient (Wildman–Crippen LogP) is 6.33. The molecule has 1 heteroatoms. The molecule has 0 aliphatic carbocycles. The fraction of sp³-hybridized carbons (Fsp3) is 0.684. The Labute approximate surface area is 126 Å². The summed E-state index contributed by atoms with van der Waals surface area (Å²) in [6.07, 6.45) is 14.0. The maximum Gasteiger partial charge on any atom is 0.0369 e. The Morgan fingerprint density at radius 3 is 1.90 bits per heavy atom. The molecule has 0 bridgehead atoms. The Balaban J connectivity index is 1.87. The number of para-hydroxylation sites is 1.